The van der Waals surface area contributed by atoms with Crippen molar-refractivity contribution < 1.29 is 0 Å². The van der Waals surface area contributed by atoms with Crippen molar-refractivity contribution in [3.8, 4) is 0 Å². The van der Waals surface area contributed by atoms with Crippen LogP contribution in [0.2, 0.25) is 0 Å². The van der Waals surface area contributed by atoms with Crippen LogP contribution >= 0.6 is 0 Å². The van der Waals surface area contributed by atoms with E-state index in [1.807, 2.05) is 0 Å². The van der Waals surface area contributed by atoms with Crippen molar-refractivity contribution in [1.29, 1.82) is 0 Å². The minimum atomic E-state index is 0.401. The van der Waals surface area contributed by atoms with Gasteiger partial charge in [0.05, 0.1) is 0 Å². The van der Waals surface area contributed by atoms with E-state index in [1.165, 1.54) is 12.8 Å². The molecule has 0 aromatic heterocycles. The van der Waals surface area contributed by atoms with Gasteiger partial charge in [-0.25, -0.2) is 0 Å². The summed E-state index contributed by atoms with van der Waals surface area (Å²) >= 11 is 0. The first-order valence-electron chi connectivity index (χ1n) is 4.58. The summed E-state index contributed by atoms with van der Waals surface area (Å²) in [6, 6.07) is 0. The average Bonchev–Trinajstić information content (AvgIpc) is 1.88. The van der Waals surface area contributed by atoms with Crippen molar-refractivity contribution in [3.63, 3.8) is 0 Å². The molecule has 2 heteroatoms. The van der Waals surface area contributed by atoms with Crippen LogP contribution in [0.3, 0.4) is 0 Å². The van der Waals surface area contributed by atoms with Crippen LogP contribution in [0.1, 0.15) is 39.5 Å². The molecule has 0 aliphatic carbocycles. The molecule has 0 fully saturated rings. The first-order valence-corrected chi connectivity index (χ1v) is 4.58. The molecule has 0 spiro atoms. The zero-order valence-electron chi connectivity index (χ0n) is 7.90. The fourth-order valence-corrected chi connectivity index (χ4v) is 1.68. The van der Waals surface area contributed by atoms with Gasteiger partial charge in [-0.3, -0.25) is 0 Å². The Morgan fingerprint density at radius 3 is 1.73 bits per heavy atom. The largest absolute Gasteiger partial charge is 0.330 e. The smallest absolute Gasteiger partial charge is 0.00721 e. The zero-order valence-corrected chi connectivity index (χ0v) is 7.90. The van der Waals surface area contributed by atoms with E-state index in [2.05, 4.69) is 13.8 Å². The van der Waals surface area contributed by atoms with E-state index in [0.717, 1.165) is 25.9 Å². The molecule has 0 amide bonds. The van der Waals surface area contributed by atoms with Gasteiger partial charge in [-0.1, -0.05) is 20.3 Å². The van der Waals surface area contributed by atoms with Gasteiger partial charge in [-0.05, 0) is 37.8 Å². The Labute approximate surface area is 70.3 Å². The van der Waals surface area contributed by atoms with Gasteiger partial charge in [0.15, 0.2) is 0 Å². The molecule has 0 bridgehead atoms. The fraction of sp³-hybridized carbons (Fsp3) is 1.00. The Kier molecular flexibility index (Phi) is 5.51. The fourth-order valence-electron chi connectivity index (χ4n) is 1.68. The molecule has 0 aromatic carbocycles. The maximum absolute atomic E-state index is 5.53. The molecular formula is C9H22N2. The predicted molar refractivity (Wildman–Crippen MR) is 50.4 cm³/mol. The van der Waals surface area contributed by atoms with Crippen molar-refractivity contribution in [2.45, 2.75) is 39.5 Å². The van der Waals surface area contributed by atoms with E-state index >= 15 is 0 Å². The van der Waals surface area contributed by atoms with Crippen LogP contribution in [0.4, 0.5) is 0 Å². The lowest BCUT2D eigenvalue weighted by Gasteiger charge is -2.28. The second-order valence-corrected chi connectivity index (χ2v) is 3.64. The lowest BCUT2D eigenvalue weighted by atomic mass is 9.79. The third-order valence-corrected chi connectivity index (χ3v) is 2.35. The summed E-state index contributed by atoms with van der Waals surface area (Å²) in [5.74, 6) is 0. The number of rotatable bonds is 6. The molecule has 4 N–H and O–H groups in total. The van der Waals surface area contributed by atoms with Crippen molar-refractivity contribution in [3.05, 3.63) is 0 Å². The normalized spacial score (nSPS) is 12.0. The molecular weight excluding hydrogens is 136 g/mol. The van der Waals surface area contributed by atoms with Gasteiger partial charge in [0.1, 0.15) is 0 Å². The van der Waals surface area contributed by atoms with Crippen molar-refractivity contribution in [2.75, 3.05) is 13.1 Å². The summed E-state index contributed by atoms with van der Waals surface area (Å²) in [5.41, 5.74) is 11.5. The monoisotopic (exact) mass is 158 g/mol. The van der Waals surface area contributed by atoms with E-state index in [9.17, 15) is 0 Å². The van der Waals surface area contributed by atoms with Crippen molar-refractivity contribution in [2.24, 2.45) is 16.9 Å². The van der Waals surface area contributed by atoms with Crippen LogP contribution in [0.15, 0.2) is 0 Å². The minimum absolute atomic E-state index is 0.401. The lowest BCUT2D eigenvalue weighted by Crippen LogP contribution is -2.24. The van der Waals surface area contributed by atoms with Crippen LogP contribution in [-0.2, 0) is 0 Å². The second-order valence-electron chi connectivity index (χ2n) is 3.64. The molecule has 0 radical (unpaired) electrons. The maximum atomic E-state index is 5.53. The highest BCUT2D eigenvalue weighted by Gasteiger charge is 2.20. The molecule has 0 aromatic rings. The third-order valence-electron chi connectivity index (χ3n) is 2.35. The van der Waals surface area contributed by atoms with Gasteiger partial charge in [-0.2, -0.15) is 0 Å². The molecule has 68 valence electrons. The van der Waals surface area contributed by atoms with Gasteiger partial charge >= 0.3 is 0 Å². The summed E-state index contributed by atoms with van der Waals surface area (Å²) < 4.78 is 0. The van der Waals surface area contributed by atoms with E-state index in [1.54, 1.807) is 0 Å². The van der Waals surface area contributed by atoms with Crippen LogP contribution < -0.4 is 11.5 Å². The van der Waals surface area contributed by atoms with E-state index < -0.39 is 0 Å². The van der Waals surface area contributed by atoms with Crippen LogP contribution in [0.5, 0.6) is 0 Å². The molecule has 0 saturated heterocycles. The maximum Gasteiger partial charge on any atom is -0.00721 e. The highest BCUT2D eigenvalue weighted by Crippen LogP contribution is 2.30. The molecule has 11 heavy (non-hydrogen) atoms. The first kappa shape index (κ1) is 10.9. The minimum Gasteiger partial charge on any atom is -0.330 e. The standard InChI is InChI=1S/C9H22N2/c1-3-4-9(2,5-7-10)6-8-11/h3-8,10-11H2,1-2H3. The Bertz CT molecular complexity index is 74.5. The Hall–Kier alpha value is -0.0800. The molecule has 0 heterocycles. The first-order chi connectivity index (χ1) is 5.18. The molecule has 0 rings (SSSR count). The SMILES string of the molecule is CCCC(C)(CCN)CCN. The quantitative estimate of drug-likeness (QED) is 0.615. The van der Waals surface area contributed by atoms with E-state index in [0.29, 0.717) is 5.41 Å². The van der Waals surface area contributed by atoms with Gasteiger partial charge in [0, 0.05) is 0 Å². The van der Waals surface area contributed by atoms with Crippen molar-refractivity contribution >= 4 is 0 Å². The summed E-state index contributed by atoms with van der Waals surface area (Å²) in [5, 5.41) is 0. The second kappa shape index (κ2) is 5.56. The molecule has 0 atom stereocenters. The predicted octanol–water partition coefficient (Wildman–Crippen LogP) is 1.49. The van der Waals surface area contributed by atoms with E-state index in [-0.39, 0.29) is 0 Å². The van der Waals surface area contributed by atoms with Gasteiger partial charge in [0.25, 0.3) is 0 Å². The number of hydrogen-bond acceptors (Lipinski definition) is 2. The zero-order chi connectivity index (χ0) is 8.74. The van der Waals surface area contributed by atoms with Gasteiger partial charge < -0.3 is 11.5 Å². The molecule has 0 saturated carbocycles. The van der Waals surface area contributed by atoms with Crippen LogP contribution in [-0.4, -0.2) is 13.1 Å². The average molecular weight is 158 g/mol. The van der Waals surface area contributed by atoms with Gasteiger partial charge in [-0.15, -0.1) is 0 Å². The molecule has 0 aliphatic rings. The Morgan fingerprint density at radius 2 is 1.45 bits per heavy atom. The highest BCUT2D eigenvalue weighted by atomic mass is 14.6. The van der Waals surface area contributed by atoms with Crippen molar-refractivity contribution in [1.82, 2.24) is 0 Å². The highest BCUT2D eigenvalue weighted by molar-refractivity contribution is 4.74. The van der Waals surface area contributed by atoms with E-state index in [4.69, 9.17) is 11.5 Å². The molecule has 2 nitrogen and oxygen atoms in total. The van der Waals surface area contributed by atoms with Gasteiger partial charge in [0.2, 0.25) is 0 Å². The Morgan fingerprint density at radius 1 is 1.00 bits per heavy atom. The van der Waals surface area contributed by atoms with Crippen LogP contribution in [0, 0.1) is 5.41 Å². The number of nitrogens with two attached hydrogens (primary N) is 2. The Balaban J connectivity index is 3.79. The summed E-state index contributed by atoms with van der Waals surface area (Å²) in [4.78, 5) is 0. The van der Waals surface area contributed by atoms with Crippen LogP contribution in [0.25, 0.3) is 0 Å². The molecule has 0 aliphatic heterocycles. The lowest BCUT2D eigenvalue weighted by molar-refractivity contribution is 0.256. The topological polar surface area (TPSA) is 52.0 Å². The summed E-state index contributed by atoms with van der Waals surface area (Å²) in [7, 11) is 0. The third kappa shape index (κ3) is 4.38. The number of hydrogen-bond donors (Lipinski definition) is 2. The molecule has 0 unspecified atom stereocenters. The summed E-state index contributed by atoms with van der Waals surface area (Å²) in [6.07, 6.45) is 4.70. The summed E-state index contributed by atoms with van der Waals surface area (Å²) in [6.45, 7) is 6.08.